The molecule has 0 spiro atoms. The Hall–Kier alpha value is -2.45. The first-order valence-corrected chi connectivity index (χ1v) is 7.01. The Morgan fingerprint density at radius 1 is 1.52 bits per heavy atom. The Balaban J connectivity index is 1.95. The zero-order valence-corrected chi connectivity index (χ0v) is 11.9. The topological polar surface area (TPSA) is 103 Å². The summed E-state index contributed by atoms with van der Waals surface area (Å²) in [5, 5.41) is 1.90. The second-order valence-corrected chi connectivity index (χ2v) is 5.39. The number of hydrazine groups is 1. The smallest absolute Gasteiger partial charge is 0.300 e. The zero-order valence-electron chi connectivity index (χ0n) is 11.1. The zero-order chi connectivity index (χ0) is 15.0. The maximum atomic E-state index is 12.3. The van der Waals surface area contributed by atoms with Crippen molar-refractivity contribution in [2.75, 3.05) is 0 Å². The van der Waals surface area contributed by atoms with Crippen molar-refractivity contribution in [2.24, 2.45) is 5.84 Å². The van der Waals surface area contributed by atoms with Crippen LogP contribution in [-0.2, 0) is 6.54 Å². The average Bonchev–Trinajstić information content (AvgIpc) is 3.09. The minimum absolute atomic E-state index is 0.0987. The van der Waals surface area contributed by atoms with Gasteiger partial charge in [-0.3, -0.25) is 19.6 Å². The molecule has 3 aromatic rings. The summed E-state index contributed by atoms with van der Waals surface area (Å²) in [6.07, 6.45) is 1.48. The third kappa shape index (κ3) is 2.34. The number of thiophene rings is 1. The van der Waals surface area contributed by atoms with E-state index in [1.54, 1.807) is 6.07 Å². The van der Waals surface area contributed by atoms with Crippen LogP contribution in [0.2, 0.25) is 0 Å². The summed E-state index contributed by atoms with van der Waals surface area (Å²) in [6.45, 7) is 2.12. The lowest BCUT2D eigenvalue weighted by atomic mass is 10.3. The Labute approximate surface area is 123 Å². The number of aromatic nitrogens is 2. The van der Waals surface area contributed by atoms with E-state index in [1.807, 2.05) is 17.7 Å². The number of fused-ring (bicyclic) bond motifs is 1. The van der Waals surface area contributed by atoms with Gasteiger partial charge in [0.1, 0.15) is 10.5 Å². The van der Waals surface area contributed by atoms with Crippen molar-refractivity contribution in [3.8, 4) is 0 Å². The highest BCUT2D eigenvalue weighted by Gasteiger charge is 2.12. The molecule has 3 aromatic heterocycles. The molecule has 0 aliphatic carbocycles. The van der Waals surface area contributed by atoms with E-state index in [2.05, 4.69) is 4.98 Å². The number of furan rings is 1. The number of amides is 1. The van der Waals surface area contributed by atoms with Gasteiger partial charge in [-0.1, -0.05) is 0 Å². The van der Waals surface area contributed by atoms with Crippen molar-refractivity contribution in [3.63, 3.8) is 0 Å². The van der Waals surface area contributed by atoms with Crippen molar-refractivity contribution < 1.29 is 9.21 Å². The molecule has 0 saturated heterocycles. The molecule has 3 rings (SSSR count). The van der Waals surface area contributed by atoms with Crippen molar-refractivity contribution in [1.82, 2.24) is 15.0 Å². The molecular weight excluding hydrogens is 292 g/mol. The lowest BCUT2D eigenvalue weighted by Crippen LogP contribution is -2.29. The third-order valence-electron chi connectivity index (χ3n) is 3.07. The summed E-state index contributed by atoms with van der Waals surface area (Å²) < 4.78 is 7.39. The van der Waals surface area contributed by atoms with E-state index in [4.69, 9.17) is 10.3 Å². The normalized spacial score (nSPS) is 11.0. The largest absolute Gasteiger partial charge is 0.454 e. The first kappa shape index (κ1) is 13.5. The monoisotopic (exact) mass is 304 g/mol. The molecule has 0 saturated carbocycles. The minimum atomic E-state index is -0.518. The summed E-state index contributed by atoms with van der Waals surface area (Å²) in [6, 6.07) is 3.13. The van der Waals surface area contributed by atoms with Gasteiger partial charge in [-0.25, -0.2) is 10.8 Å². The highest BCUT2D eigenvalue weighted by atomic mass is 32.1. The number of carbonyl (C=O) groups is 1. The molecule has 0 aromatic carbocycles. The molecule has 0 aliphatic rings. The number of nitrogens with two attached hydrogens (primary N) is 1. The van der Waals surface area contributed by atoms with E-state index >= 15 is 0 Å². The summed E-state index contributed by atoms with van der Waals surface area (Å²) >= 11 is 1.37. The van der Waals surface area contributed by atoms with E-state index in [0.717, 1.165) is 11.1 Å². The molecule has 0 fully saturated rings. The predicted molar refractivity (Wildman–Crippen MR) is 78.1 cm³/mol. The maximum Gasteiger partial charge on any atom is 0.300 e. The maximum absolute atomic E-state index is 12.3. The van der Waals surface area contributed by atoms with Gasteiger partial charge >= 0.3 is 5.91 Å². The van der Waals surface area contributed by atoms with Crippen LogP contribution in [0.3, 0.4) is 0 Å². The highest BCUT2D eigenvalue weighted by Crippen LogP contribution is 2.19. The number of aryl methyl sites for hydroxylation is 1. The van der Waals surface area contributed by atoms with Gasteiger partial charge in [0.2, 0.25) is 0 Å². The molecule has 3 N–H and O–H groups in total. The number of hydrogen-bond acceptors (Lipinski definition) is 6. The Kier molecular flexibility index (Phi) is 3.32. The second kappa shape index (κ2) is 5.15. The molecule has 0 unspecified atom stereocenters. The van der Waals surface area contributed by atoms with Crippen LogP contribution in [0.5, 0.6) is 0 Å². The summed E-state index contributed by atoms with van der Waals surface area (Å²) in [5.41, 5.74) is 3.57. The summed E-state index contributed by atoms with van der Waals surface area (Å²) in [5.74, 6) is 5.09. The number of nitrogen functional groups attached to an aromatic ring is 1. The van der Waals surface area contributed by atoms with Gasteiger partial charge in [0.15, 0.2) is 5.76 Å². The van der Waals surface area contributed by atoms with E-state index < -0.39 is 5.91 Å². The second-order valence-electron chi connectivity index (χ2n) is 4.51. The van der Waals surface area contributed by atoms with Gasteiger partial charge in [0.25, 0.3) is 5.56 Å². The van der Waals surface area contributed by atoms with E-state index in [-0.39, 0.29) is 17.9 Å². The van der Waals surface area contributed by atoms with Crippen molar-refractivity contribution >= 4 is 27.5 Å². The van der Waals surface area contributed by atoms with Crippen LogP contribution in [0, 0.1) is 6.92 Å². The summed E-state index contributed by atoms with van der Waals surface area (Å²) in [7, 11) is 0. The van der Waals surface area contributed by atoms with Gasteiger partial charge in [-0.15, -0.1) is 11.3 Å². The van der Waals surface area contributed by atoms with Gasteiger partial charge < -0.3 is 4.42 Å². The molecule has 3 heterocycles. The predicted octanol–water partition coefficient (Wildman–Crippen LogP) is 1.01. The third-order valence-corrected chi connectivity index (χ3v) is 4.14. The van der Waals surface area contributed by atoms with E-state index in [9.17, 15) is 9.59 Å². The van der Waals surface area contributed by atoms with Crippen molar-refractivity contribution in [2.45, 2.75) is 13.5 Å². The quantitative estimate of drug-likeness (QED) is 0.427. The van der Waals surface area contributed by atoms with Gasteiger partial charge in [-0.2, -0.15) is 0 Å². The Morgan fingerprint density at radius 3 is 3.10 bits per heavy atom. The van der Waals surface area contributed by atoms with Crippen LogP contribution in [0.4, 0.5) is 0 Å². The minimum Gasteiger partial charge on any atom is -0.454 e. The standard InChI is InChI=1S/C13H12N4O3S/c1-7-5-21-11-10(7)15-6-17(13(11)19)4-8-2-3-9(20-8)12(18)16-14/h2-3,5-6H,4,14H2,1H3,(H,16,18). The molecule has 0 atom stereocenters. The first-order chi connectivity index (χ1) is 10.1. The van der Waals surface area contributed by atoms with Gasteiger partial charge in [-0.05, 0) is 30.0 Å². The van der Waals surface area contributed by atoms with Crippen LogP contribution in [0.1, 0.15) is 21.9 Å². The summed E-state index contributed by atoms with van der Waals surface area (Å²) in [4.78, 5) is 27.9. The Morgan fingerprint density at radius 2 is 2.33 bits per heavy atom. The first-order valence-electron chi connectivity index (χ1n) is 6.13. The molecule has 0 aliphatic heterocycles. The average molecular weight is 304 g/mol. The number of rotatable bonds is 3. The molecule has 8 heteroatoms. The fourth-order valence-corrected chi connectivity index (χ4v) is 2.95. The van der Waals surface area contributed by atoms with Crippen molar-refractivity contribution in [3.05, 3.63) is 51.3 Å². The van der Waals surface area contributed by atoms with Crippen LogP contribution in [0.25, 0.3) is 10.2 Å². The van der Waals surface area contributed by atoms with Crippen LogP contribution >= 0.6 is 11.3 Å². The molecule has 7 nitrogen and oxygen atoms in total. The fourth-order valence-electron chi connectivity index (χ4n) is 2.00. The van der Waals surface area contributed by atoms with Crippen molar-refractivity contribution in [1.29, 1.82) is 0 Å². The lowest BCUT2D eigenvalue weighted by Gasteiger charge is -2.02. The highest BCUT2D eigenvalue weighted by molar-refractivity contribution is 7.17. The number of hydrogen-bond donors (Lipinski definition) is 2. The molecule has 21 heavy (non-hydrogen) atoms. The molecule has 1 amide bonds. The van der Waals surface area contributed by atoms with Crippen LogP contribution in [-0.4, -0.2) is 15.5 Å². The molecule has 108 valence electrons. The van der Waals surface area contributed by atoms with Gasteiger partial charge in [0, 0.05) is 0 Å². The van der Waals surface area contributed by atoms with Crippen LogP contribution in [0.15, 0.2) is 33.1 Å². The fraction of sp³-hybridized carbons (Fsp3) is 0.154. The number of nitrogens with one attached hydrogen (secondary N) is 1. The van der Waals surface area contributed by atoms with E-state index in [0.29, 0.717) is 10.5 Å². The SMILES string of the molecule is Cc1csc2c(=O)n(Cc3ccc(C(=O)NN)o3)cnc12. The number of carbonyl (C=O) groups excluding carboxylic acids is 1. The van der Waals surface area contributed by atoms with Gasteiger partial charge in [0.05, 0.1) is 18.4 Å². The molecular formula is C13H12N4O3S. The van der Waals surface area contributed by atoms with Crippen LogP contribution < -0.4 is 16.8 Å². The number of nitrogens with zero attached hydrogens (tertiary/aromatic N) is 2. The molecule has 0 bridgehead atoms. The van der Waals surface area contributed by atoms with E-state index in [1.165, 1.54) is 28.3 Å². The Bertz CT molecular complexity index is 877. The lowest BCUT2D eigenvalue weighted by molar-refractivity contribution is 0.0924. The molecule has 0 radical (unpaired) electrons.